The van der Waals surface area contributed by atoms with E-state index in [1.165, 1.54) is 16.0 Å². The van der Waals surface area contributed by atoms with Crippen LogP contribution in [-0.2, 0) is 6.42 Å². The van der Waals surface area contributed by atoms with Crippen LogP contribution in [0.15, 0.2) is 41.8 Å². The van der Waals surface area contributed by atoms with Crippen LogP contribution >= 0.6 is 23.7 Å². The summed E-state index contributed by atoms with van der Waals surface area (Å²) in [5.41, 5.74) is 8.79. The van der Waals surface area contributed by atoms with Crippen LogP contribution in [0, 0.1) is 6.92 Å². The molecule has 1 heterocycles. The van der Waals surface area contributed by atoms with E-state index < -0.39 is 0 Å². The van der Waals surface area contributed by atoms with Crippen LogP contribution in [0.25, 0.3) is 0 Å². The SMILES string of the molecule is Cc1ccsc1C(N)Cc1ccccc1.Cl. The molecule has 0 spiro atoms. The smallest absolute Gasteiger partial charge is 0.0433 e. The minimum Gasteiger partial charge on any atom is -0.323 e. The Balaban J connectivity index is 0.00000128. The molecule has 0 aliphatic rings. The highest BCUT2D eigenvalue weighted by Gasteiger charge is 2.10. The first-order chi connectivity index (χ1) is 7.27. The molecule has 0 bridgehead atoms. The molecule has 0 saturated heterocycles. The molecule has 0 saturated carbocycles. The Morgan fingerprint density at radius 1 is 1.19 bits per heavy atom. The predicted octanol–water partition coefficient (Wildman–Crippen LogP) is 3.72. The second kappa shape index (κ2) is 6.04. The van der Waals surface area contributed by atoms with Gasteiger partial charge >= 0.3 is 0 Å². The van der Waals surface area contributed by atoms with E-state index in [9.17, 15) is 0 Å². The van der Waals surface area contributed by atoms with E-state index in [0.717, 1.165) is 6.42 Å². The van der Waals surface area contributed by atoms with Gasteiger partial charge in [0.2, 0.25) is 0 Å². The van der Waals surface area contributed by atoms with Gasteiger partial charge in [-0.2, -0.15) is 0 Å². The molecule has 0 fully saturated rings. The lowest BCUT2D eigenvalue weighted by Gasteiger charge is -2.10. The van der Waals surface area contributed by atoms with E-state index >= 15 is 0 Å². The molecule has 0 aliphatic carbocycles. The number of aryl methyl sites for hydroxylation is 1. The normalized spacial score (nSPS) is 11.9. The maximum Gasteiger partial charge on any atom is 0.0433 e. The fourth-order valence-electron chi connectivity index (χ4n) is 1.73. The molecule has 1 aromatic heterocycles. The van der Waals surface area contributed by atoms with E-state index in [2.05, 4.69) is 42.6 Å². The van der Waals surface area contributed by atoms with Crippen molar-refractivity contribution in [1.29, 1.82) is 0 Å². The van der Waals surface area contributed by atoms with Crippen molar-refractivity contribution in [3.8, 4) is 0 Å². The average Bonchev–Trinajstić information content (AvgIpc) is 2.66. The highest BCUT2D eigenvalue weighted by molar-refractivity contribution is 7.10. The van der Waals surface area contributed by atoms with E-state index in [4.69, 9.17) is 5.73 Å². The third kappa shape index (κ3) is 3.08. The van der Waals surface area contributed by atoms with Crippen molar-refractivity contribution in [3.63, 3.8) is 0 Å². The summed E-state index contributed by atoms with van der Waals surface area (Å²) >= 11 is 1.75. The van der Waals surface area contributed by atoms with Gasteiger partial charge in [-0.1, -0.05) is 30.3 Å². The number of nitrogens with two attached hydrogens (primary N) is 1. The van der Waals surface area contributed by atoms with Gasteiger partial charge < -0.3 is 5.73 Å². The maximum absolute atomic E-state index is 6.18. The lowest BCUT2D eigenvalue weighted by Crippen LogP contribution is -2.12. The largest absolute Gasteiger partial charge is 0.323 e. The summed E-state index contributed by atoms with van der Waals surface area (Å²) < 4.78 is 0. The zero-order valence-corrected chi connectivity index (χ0v) is 10.9. The third-order valence-electron chi connectivity index (χ3n) is 2.54. The van der Waals surface area contributed by atoms with Gasteiger partial charge in [0.25, 0.3) is 0 Å². The highest BCUT2D eigenvalue weighted by Crippen LogP contribution is 2.24. The number of halogens is 1. The monoisotopic (exact) mass is 253 g/mol. The minimum atomic E-state index is 0. The molecular formula is C13H16ClNS. The molecule has 1 nitrogen and oxygen atoms in total. The molecule has 2 aromatic rings. The quantitative estimate of drug-likeness (QED) is 0.887. The Labute approximate surface area is 107 Å². The van der Waals surface area contributed by atoms with Crippen LogP contribution in [0.2, 0.25) is 0 Å². The van der Waals surface area contributed by atoms with Crippen LogP contribution in [0.5, 0.6) is 0 Å². The minimum absolute atomic E-state index is 0. The first kappa shape index (κ1) is 13.2. The maximum atomic E-state index is 6.18. The van der Waals surface area contributed by atoms with E-state index in [1.807, 2.05) is 6.07 Å². The van der Waals surface area contributed by atoms with Gasteiger partial charge in [-0.15, -0.1) is 23.7 Å². The van der Waals surface area contributed by atoms with Crippen molar-refractivity contribution < 1.29 is 0 Å². The first-order valence-corrected chi connectivity index (χ1v) is 5.99. The van der Waals surface area contributed by atoms with Crippen LogP contribution < -0.4 is 5.73 Å². The third-order valence-corrected chi connectivity index (χ3v) is 3.69. The molecule has 1 aromatic carbocycles. The van der Waals surface area contributed by atoms with Crippen LogP contribution in [0.3, 0.4) is 0 Å². The summed E-state index contributed by atoms with van der Waals surface area (Å²) in [6, 6.07) is 12.7. The summed E-state index contributed by atoms with van der Waals surface area (Å²) in [4.78, 5) is 1.30. The van der Waals surface area contributed by atoms with Gasteiger partial charge in [0.1, 0.15) is 0 Å². The zero-order valence-electron chi connectivity index (χ0n) is 9.22. The second-order valence-electron chi connectivity index (χ2n) is 3.76. The topological polar surface area (TPSA) is 26.0 Å². The van der Waals surface area contributed by atoms with Crippen LogP contribution in [0.4, 0.5) is 0 Å². The van der Waals surface area contributed by atoms with Crippen LogP contribution in [0.1, 0.15) is 22.0 Å². The van der Waals surface area contributed by atoms with Crippen LogP contribution in [-0.4, -0.2) is 0 Å². The van der Waals surface area contributed by atoms with Crippen molar-refractivity contribution in [3.05, 3.63) is 57.8 Å². The standard InChI is InChI=1S/C13H15NS.ClH/c1-10-7-8-15-13(10)12(14)9-11-5-3-2-4-6-11;/h2-8,12H,9,14H2,1H3;1H. The lowest BCUT2D eigenvalue weighted by atomic mass is 10.0. The molecule has 3 heteroatoms. The Kier molecular flexibility index (Phi) is 5.00. The fourth-order valence-corrected chi connectivity index (χ4v) is 2.66. The summed E-state index contributed by atoms with van der Waals surface area (Å²) in [6.07, 6.45) is 0.919. The summed E-state index contributed by atoms with van der Waals surface area (Å²) in [7, 11) is 0. The molecule has 0 radical (unpaired) electrons. The van der Waals surface area contributed by atoms with Gasteiger partial charge in [-0.3, -0.25) is 0 Å². The first-order valence-electron chi connectivity index (χ1n) is 5.11. The molecule has 0 aliphatic heterocycles. The highest BCUT2D eigenvalue weighted by atomic mass is 35.5. The molecule has 1 unspecified atom stereocenters. The molecular weight excluding hydrogens is 238 g/mol. The molecule has 2 N–H and O–H groups in total. The molecule has 16 heavy (non-hydrogen) atoms. The molecule has 86 valence electrons. The number of hydrogen-bond donors (Lipinski definition) is 1. The Morgan fingerprint density at radius 3 is 2.44 bits per heavy atom. The molecule has 2 rings (SSSR count). The van der Waals surface area contributed by atoms with Gasteiger partial charge in [0, 0.05) is 10.9 Å². The Morgan fingerprint density at radius 2 is 1.88 bits per heavy atom. The number of benzene rings is 1. The predicted molar refractivity (Wildman–Crippen MR) is 73.4 cm³/mol. The lowest BCUT2D eigenvalue weighted by molar-refractivity contribution is 0.732. The van der Waals surface area contributed by atoms with Crippen molar-refractivity contribution in [2.75, 3.05) is 0 Å². The fraction of sp³-hybridized carbons (Fsp3) is 0.231. The van der Waals surface area contributed by atoms with Gasteiger partial charge in [-0.05, 0) is 35.9 Å². The summed E-state index contributed by atoms with van der Waals surface area (Å²) in [5, 5.41) is 2.11. The number of rotatable bonds is 3. The van der Waals surface area contributed by atoms with Crippen molar-refractivity contribution in [2.24, 2.45) is 5.73 Å². The number of thiophene rings is 1. The molecule has 1 atom stereocenters. The van der Waals surface area contributed by atoms with Crippen molar-refractivity contribution in [2.45, 2.75) is 19.4 Å². The second-order valence-corrected chi connectivity index (χ2v) is 4.71. The Hall–Kier alpha value is -0.830. The van der Waals surface area contributed by atoms with Crippen molar-refractivity contribution >= 4 is 23.7 Å². The van der Waals surface area contributed by atoms with E-state index in [1.54, 1.807) is 11.3 Å². The zero-order chi connectivity index (χ0) is 10.7. The van der Waals surface area contributed by atoms with E-state index in [-0.39, 0.29) is 18.4 Å². The van der Waals surface area contributed by atoms with Gasteiger partial charge in [0.15, 0.2) is 0 Å². The number of hydrogen-bond acceptors (Lipinski definition) is 2. The summed E-state index contributed by atoms with van der Waals surface area (Å²) in [5.74, 6) is 0. The Bertz CT molecular complexity index is 425. The van der Waals surface area contributed by atoms with Gasteiger partial charge in [-0.25, -0.2) is 0 Å². The summed E-state index contributed by atoms with van der Waals surface area (Å²) in [6.45, 7) is 2.12. The van der Waals surface area contributed by atoms with Gasteiger partial charge in [0.05, 0.1) is 0 Å². The van der Waals surface area contributed by atoms with Crippen molar-refractivity contribution in [1.82, 2.24) is 0 Å². The average molecular weight is 254 g/mol. The van der Waals surface area contributed by atoms with E-state index in [0.29, 0.717) is 0 Å². The molecule has 0 amide bonds.